The molecule has 0 amide bonds. The van der Waals surface area contributed by atoms with Crippen LogP contribution in [0, 0.1) is 0 Å². The van der Waals surface area contributed by atoms with E-state index in [0.717, 1.165) is 15.9 Å². The number of anilines is 1. The number of benzene rings is 3. The molecule has 160 valence electrons. The summed E-state index contributed by atoms with van der Waals surface area (Å²) in [5.41, 5.74) is 4.31. The number of hydrazone groups is 1. The van der Waals surface area contributed by atoms with Gasteiger partial charge in [-0.1, -0.05) is 57.3 Å². The van der Waals surface area contributed by atoms with Crippen molar-refractivity contribution < 1.29 is 9.47 Å². The van der Waals surface area contributed by atoms with E-state index in [1.165, 1.54) is 0 Å². The number of hydrogen-bond donors (Lipinski definition) is 2. The Morgan fingerprint density at radius 3 is 2.29 bits per heavy atom. The van der Waals surface area contributed by atoms with Crippen molar-refractivity contribution in [2.75, 3.05) is 18.5 Å². The summed E-state index contributed by atoms with van der Waals surface area (Å²) < 4.78 is 12.3. The quantitative estimate of drug-likeness (QED) is 0.148. The average molecular weight is 539 g/mol. The average Bonchev–Trinajstić information content (AvgIpc) is 2.74. The van der Waals surface area contributed by atoms with Crippen LogP contribution in [0.5, 0.6) is 11.5 Å². The lowest BCUT2D eigenvalue weighted by Gasteiger charge is -2.12. The highest BCUT2D eigenvalue weighted by molar-refractivity contribution is 9.10. The molecule has 0 atom stereocenters. The first-order valence-electron chi connectivity index (χ1n) is 9.16. The Bertz CT molecular complexity index is 1030. The fourth-order valence-corrected chi connectivity index (χ4v) is 3.52. The van der Waals surface area contributed by atoms with Crippen LogP contribution < -0.4 is 20.2 Å². The number of halogens is 3. The van der Waals surface area contributed by atoms with E-state index in [9.17, 15) is 0 Å². The van der Waals surface area contributed by atoms with E-state index in [1.807, 2.05) is 54.6 Å². The molecule has 0 aliphatic heterocycles. The zero-order chi connectivity index (χ0) is 22.1. The van der Waals surface area contributed by atoms with Crippen molar-refractivity contribution in [3.63, 3.8) is 0 Å². The van der Waals surface area contributed by atoms with Gasteiger partial charge in [0.25, 0.3) is 0 Å². The number of nitrogens with one attached hydrogen (secondary N) is 2. The van der Waals surface area contributed by atoms with Gasteiger partial charge in [0.2, 0.25) is 0 Å². The topological polar surface area (TPSA) is 54.9 Å². The minimum atomic E-state index is 0.296. The normalized spacial score (nSPS) is 10.7. The zero-order valence-electron chi connectivity index (χ0n) is 16.1. The van der Waals surface area contributed by atoms with Gasteiger partial charge < -0.3 is 14.8 Å². The van der Waals surface area contributed by atoms with Crippen molar-refractivity contribution in [1.29, 1.82) is 0 Å². The Morgan fingerprint density at radius 2 is 1.61 bits per heavy atom. The Labute approximate surface area is 204 Å². The van der Waals surface area contributed by atoms with Gasteiger partial charge in [-0.25, -0.2) is 0 Å². The molecule has 3 aromatic rings. The molecule has 0 heterocycles. The number of rotatable bonds is 8. The molecular formula is C22H18BrCl2N3O2S. The lowest BCUT2D eigenvalue weighted by Crippen LogP contribution is -2.23. The second kappa shape index (κ2) is 11.9. The van der Waals surface area contributed by atoms with Crippen molar-refractivity contribution in [3.05, 3.63) is 86.8 Å². The number of thiocarbonyl (C=S) groups is 1. The van der Waals surface area contributed by atoms with Crippen LogP contribution in [-0.2, 0) is 0 Å². The summed E-state index contributed by atoms with van der Waals surface area (Å²) in [6.07, 6.45) is 1.57. The third kappa shape index (κ3) is 7.70. The number of ether oxygens (including phenoxy) is 2. The summed E-state index contributed by atoms with van der Waals surface area (Å²) in [4.78, 5) is 0. The molecule has 0 radical (unpaired) electrons. The van der Waals surface area contributed by atoms with Crippen LogP contribution >= 0.6 is 51.3 Å². The highest BCUT2D eigenvalue weighted by Gasteiger charge is 2.09. The van der Waals surface area contributed by atoms with Gasteiger partial charge in [0.1, 0.15) is 19.0 Å². The Kier molecular flexibility index (Phi) is 8.97. The van der Waals surface area contributed by atoms with E-state index >= 15 is 0 Å². The van der Waals surface area contributed by atoms with Gasteiger partial charge in [-0.05, 0) is 66.3 Å². The minimum Gasteiger partial charge on any atom is -0.490 e. The smallest absolute Gasteiger partial charge is 0.191 e. The summed E-state index contributed by atoms with van der Waals surface area (Å²) in [7, 11) is 0. The van der Waals surface area contributed by atoms with Crippen molar-refractivity contribution in [1.82, 2.24) is 5.43 Å². The molecule has 3 rings (SSSR count). The molecule has 5 nitrogen and oxygen atoms in total. The molecule has 0 aliphatic rings. The number of para-hydroxylation sites is 1. The van der Waals surface area contributed by atoms with Gasteiger partial charge in [0.05, 0.1) is 16.3 Å². The van der Waals surface area contributed by atoms with Gasteiger partial charge >= 0.3 is 0 Å². The maximum atomic E-state index is 6.32. The molecular weight excluding hydrogens is 521 g/mol. The Hall–Kier alpha value is -2.32. The molecule has 31 heavy (non-hydrogen) atoms. The standard InChI is InChI=1S/C22H18BrCl2N3O2S/c23-16-6-8-18(9-7-16)29-10-11-30-21-19(24)12-15(13-20(21)25)14-26-28-22(31)27-17-4-2-1-3-5-17/h1-9,12-14H,10-11H2,(H2,27,28,31). The Balaban J connectivity index is 1.49. The second-order valence-corrected chi connectivity index (χ2v) is 8.29. The van der Waals surface area contributed by atoms with Crippen LogP contribution in [0.2, 0.25) is 10.0 Å². The first kappa shape index (κ1) is 23.3. The molecule has 2 N–H and O–H groups in total. The van der Waals surface area contributed by atoms with Crippen LogP contribution in [0.1, 0.15) is 5.56 Å². The maximum Gasteiger partial charge on any atom is 0.191 e. The third-order valence-corrected chi connectivity index (χ3v) is 5.13. The predicted molar refractivity (Wildman–Crippen MR) is 135 cm³/mol. The van der Waals surface area contributed by atoms with Crippen molar-refractivity contribution in [2.45, 2.75) is 0 Å². The fourth-order valence-electron chi connectivity index (χ4n) is 2.47. The molecule has 9 heteroatoms. The molecule has 0 spiro atoms. The van der Waals surface area contributed by atoms with Gasteiger partial charge in [-0.15, -0.1) is 0 Å². The van der Waals surface area contributed by atoms with Crippen molar-refractivity contribution >= 4 is 68.4 Å². The summed E-state index contributed by atoms with van der Waals surface area (Å²) in [6, 6.07) is 20.5. The molecule has 0 bridgehead atoms. The van der Waals surface area contributed by atoms with Gasteiger partial charge in [-0.3, -0.25) is 5.43 Å². The highest BCUT2D eigenvalue weighted by Crippen LogP contribution is 2.33. The SMILES string of the molecule is S=C(NN=Cc1cc(Cl)c(OCCOc2ccc(Br)cc2)c(Cl)c1)Nc1ccccc1. The summed E-state index contributed by atoms with van der Waals surface area (Å²) >= 11 is 21.2. The lowest BCUT2D eigenvalue weighted by atomic mass is 10.2. The minimum absolute atomic E-state index is 0.296. The van der Waals surface area contributed by atoms with E-state index in [-0.39, 0.29) is 0 Å². The Morgan fingerprint density at radius 1 is 0.968 bits per heavy atom. The van der Waals surface area contributed by atoms with Crippen LogP contribution in [0.15, 0.2) is 76.3 Å². The molecule has 3 aromatic carbocycles. The van der Waals surface area contributed by atoms with E-state index in [2.05, 4.69) is 31.8 Å². The van der Waals surface area contributed by atoms with E-state index in [4.69, 9.17) is 44.9 Å². The van der Waals surface area contributed by atoms with Crippen LogP contribution in [0.25, 0.3) is 0 Å². The van der Waals surface area contributed by atoms with Crippen LogP contribution in [0.4, 0.5) is 5.69 Å². The molecule has 0 aromatic heterocycles. The van der Waals surface area contributed by atoms with Crippen molar-refractivity contribution in [3.8, 4) is 11.5 Å². The third-order valence-electron chi connectivity index (χ3n) is 3.84. The highest BCUT2D eigenvalue weighted by atomic mass is 79.9. The lowest BCUT2D eigenvalue weighted by molar-refractivity contribution is 0.217. The summed E-state index contributed by atoms with van der Waals surface area (Å²) in [5.74, 6) is 1.15. The molecule has 0 unspecified atom stereocenters. The summed E-state index contributed by atoms with van der Waals surface area (Å²) in [5, 5.41) is 8.25. The maximum absolute atomic E-state index is 6.32. The summed E-state index contributed by atoms with van der Waals surface area (Å²) in [6.45, 7) is 0.650. The largest absolute Gasteiger partial charge is 0.490 e. The van der Waals surface area contributed by atoms with E-state index in [1.54, 1.807) is 18.3 Å². The van der Waals surface area contributed by atoms with Crippen LogP contribution in [-0.4, -0.2) is 24.5 Å². The van der Waals surface area contributed by atoms with E-state index in [0.29, 0.717) is 39.7 Å². The molecule has 0 saturated carbocycles. The first-order chi connectivity index (χ1) is 15.0. The molecule has 0 saturated heterocycles. The zero-order valence-corrected chi connectivity index (χ0v) is 20.1. The monoisotopic (exact) mass is 537 g/mol. The van der Waals surface area contributed by atoms with Gasteiger partial charge in [0.15, 0.2) is 10.9 Å². The molecule has 0 fully saturated rings. The second-order valence-electron chi connectivity index (χ2n) is 6.15. The van der Waals surface area contributed by atoms with Crippen molar-refractivity contribution in [2.24, 2.45) is 5.10 Å². The number of hydrogen-bond acceptors (Lipinski definition) is 4. The van der Waals surface area contributed by atoms with Crippen LogP contribution in [0.3, 0.4) is 0 Å². The van der Waals surface area contributed by atoms with E-state index < -0.39 is 0 Å². The predicted octanol–water partition coefficient (Wildman–Crippen LogP) is 6.53. The fraction of sp³-hybridized carbons (Fsp3) is 0.0909. The molecule has 0 aliphatic carbocycles. The van der Waals surface area contributed by atoms with Gasteiger partial charge in [-0.2, -0.15) is 5.10 Å². The van der Waals surface area contributed by atoms with Gasteiger partial charge in [0, 0.05) is 10.2 Å². The number of nitrogens with zero attached hydrogens (tertiary/aromatic N) is 1. The first-order valence-corrected chi connectivity index (χ1v) is 11.1.